The first-order valence-corrected chi connectivity index (χ1v) is 8.17. The van der Waals surface area contributed by atoms with Gasteiger partial charge in [-0.15, -0.1) is 0 Å². The van der Waals surface area contributed by atoms with E-state index in [-0.39, 0.29) is 10.8 Å². The van der Waals surface area contributed by atoms with Gasteiger partial charge in [0.25, 0.3) is 0 Å². The molecule has 0 bridgehead atoms. The zero-order chi connectivity index (χ0) is 16.5. The maximum atomic E-state index is 5.92. The van der Waals surface area contributed by atoms with Crippen molar-refractivity contribution < 1.29 is 4.74 Å². The quantitative estimate of drug-likeness (QED) is 0.694. The van der Waals surface area contributed by atoms with Gasteiger partial charge in [-0.2, -0.15) is 0 Å². The lowest BCUT2D eigenvalue weighted by molar-refractivity contribution is 0.421. The van der Waals surface area contributed by atoms with Crippen LogP contribution in [0.1, 0.15) is 52.7 Å². The van der Waals surface area contributed by atoms with Crippen LogP contribution < -0.4 is 4.74 Å². The molecule has 0 radical (unpaired) electrons. The Balaban J connectivity index is 2.44. The molecule has 3 nitrogen and oxygen atoms in total. The topological polar surface area (TPSA) is 35.0 Å². The lowest BCUT2D eigenvalue weighted by Gasteiger charge is -2.26. The van der Waals surface area contributed by atoms with Crippen LogP contribution in [-0.4, -0.2) is 9.97 Å². The SMILES string of the molecule is CC(C)(C)c1ccc(Oc2ncc(Br)cn2)c(C(C)(C)C)c1. The highest BCUT2D eigenvalue weighted by Gasteiger charge is 2.23. The molecule has 0 N–H and O–H groups in total. The number of aromatic nitrogens is 2. The Kier molecular flexibility index (Phi) is 4.62. The number of hydrogen-bond donors (Lipinski definition) is 0. The molecule has 118 valence electrons. The van der Waals surface area contributed by atoms with Crippen molar-refractivity contribution in [2.75, 3.05) is 0 Å². The zero-order valence-corrected chi connectivity index (χ0v) is 15.7. The van der Waals surface area contributed by atoms with Gasteiger partial charge in [0.05, 0.1) is 4.47 Å². The van der Waals surface area contributed by atoms with Crippen molar-refractivity contribution in [1.29, 1.82) is 0 Å². The average Bonchev–Trinajstić information content (AvgIpc) is 2.39. The van der Waals surface area contributed by atoms with Crippen LogP contribution in [0.4, 0.5) is 0 Å². The predicted octanol–water partition coefficient (Wildman–Crippen LogP) is 5.63. The first-order chi connectivity index (χ1) is 10.1. The summed E-state index contributed by atoms with van der Waals surface area (Å²) in [5.41, 5.74) is 2.53. The summed E-state index contributed by atoms with van der Waals surface area (Å²) in [5, 5.41) is 0. The fraction of sp³-hybridized carbons (Fsp3) is 0.444. The Labute approximate surface area is 141 Å². The largest absolute Gasteiger partial charge is 0.424 e. The van der Waals surface area contributed by atoms with E-state index < -0.39 is 0 Å². The molecule has 0 amide bonds. The average molecular weight is 363 g/mol. The van der Waals surface area contributed by atoms with Crippen molar-refractivity contribution in [3.05, 3.63) is 46.2 Å². The van der Waals surface area contributed by atoms with Gasteiger partial charge >= 0.3 is 6.01 Å². The zero-order valence-electron chi connectivity index (χ0n) is 14.1. The van der Waals surface area contributed by atoms with Gasteiger partial charge in [-0.3, -0.25) is 0 Å². The summed E-state index contributed by atoms with van der Waals surface area (Å²) >= 11 is 3.33. The van der Waals surface area contributed by atoms with E-state index in [2.05, 4.69) is 79.6 Å². The van der Waals surface area contributed by atoms with E-state index in [1.807, 2.05) is 6.07 Å². The summed E-state index contributed by atoms with van der Waals surface area (Å²) in [7, 11) is 0. The molecule has 0 unspecified atom stereocenters. The van der Waals surface area contributed by atoms with Gasteiger partial charge in [0, 0.05) is 18.0 Å². The van der Waals surface area contributed by atoms with Crippen molar-refractivity contribution in [3.8, 4) is 11.8 Å². The van der Waals surface area contributed by atoms with Gasteiger partial charge in [0.1, 0.15) is 5.75 Å². The molecule has 2 rings (SSSR count). The van der Waals surface area contributed by atoms with E-state index in [1.54, 1.807) is 12.4 Å². The number of halogens is 1. The molecule has 0 atom stereocenters. The van der Waals surface area contributed by atoms with Gasteiger partial charge in [-0.1, -0.05) is 53.7 Å². The Morgan fingerprint density at radius 1 is 0.909 bits per heavy atom. The predicted molar refractivity (Wildman–Crippen MR) is 93.6 cm³/mol. The molecule has 0 saturated carbocycles. The second-order valence-corrected chi connectivity index (χ2v) is 8.41. The van der Waals surface area contributed by atoms with Crippen LogP contribution >= 0.6 is 15.9 Å². The van der Waals surface area contributed by atoms with E-state index >= 15 is 0 Å². The highest BCUT2D eigenvalue weighted by molar-refractivity contribution is 9.10. The van der Waals surface area contributed by atoms with Crippen molar-refractivity contribution in [2.45, 2.75) is 52.4 Å². The summed E-state index contributed by atoms with van der Waals surface area (Å²) in [6.07, 6.45) is 3.37. The van der Waals surface area contributed by atoms with E-state index in [1.165, 1.54) is 5.56 Å². The van der Waals surface area contributed by atoms with Crippen LogP contribution in [0, 0.1) is 0 Å². The summed E-state index contributed by atoms with van der Waals surface area (Å²) in [4.78, 5) is 8.38. The normalized spacial score (nSPS) is 12.3. The fourth-order valence-corrected chi connectivity index (χ4v) is 2.33. The van der Waals surface area contributed by atoms with Crippen molar-refractivity contribution >= 4 is 15.9 Å². The number of rotatable bonds is 2. The van der Waals surface area contributed by atoms with E-state index in [4.69, 9.17) is 4.74 Å². The van der Waals surface area contributed by atoms with E-state index in [0.29, 0.717) is 6.01 Å². The Morgan fingerprint density at radius 2 is 1.50 bits per heavy atom. The standard InChI is InChI=1S/C18H23BrN2O/c1-17(2,3)12-7-8-15(14(9-12)18(4,5)6)22-16-20-10-13(19)11-21-16/h7-11H,1-6H3. The summed E-state index contributed by atoms with van der Waals surface area (Å²) in [5.74, 6) is 0.808. The van der Waals surface area contributed by atoms with Crippen LogP contribution in [0.15, 0.2) is 35.1 Å². The van der Waals surface area contributed by atoms with Crippen LogP contribution in [0.2, 0.25) is 0 Å². The fourth-order valence-electron chi connectivity index (χ4n) is 2.12. The first-order valence-electron chi connectivity index (χ1n) is 7.38. The van der Waals surface area contributed by atoms with Crippen molar-refractivity contribution in [3.63, 3.8) is 0 Å². The van der Waals surface area contributed by atoms with Crippen molar-refractivity contribution in [2.24, 2.45) is 0 Å². The van der Waals surface area contributed by atoms with Gasteiger partial charge in [-0.25, -0.2) is 9.97 Å². The molecular weight excluding hydrogens is 340 g/mol. The van der Waals surface area contributed by atoms with Gasteiger partial charge < -0.3 is 4.74 Å². The molecule has 0 spiro atoms. The second-order valence-electron chi connectivity index (χ2n) is 7.50. The minimum Gasteiger partial charge on any atom is -0.424 e. The molecule has 0 aliphatic heterocycles. The third-order valence-electron chi connectivity index (χ3n) is 3.45. The maximum Gasteiger partial charge on any atom is 0.321 e. The molecule has 1 heterocycles. The van der Waals surface area contributed by atoms with Crippen LogP contribution in [0.25, 0.3) is 0 Å². The molecule has 1 aromatic heterocycles. The van der Waals surface area contributed by atoms with Crippen LogP contribution in [0.3, 0.4) is 0 Å². The van der Waals surface area contributed by atoms with E-state index in [0.717, 1.165) is 15.8 Å². The molecule has 0 aliphatic rings. The third-order valence-corrected chi connectivity index (χ3v) is 3.86. The summed E-state index contributed by atoms with van der Waals surface area (Å²) in [6.45, 7) is 13.2. The number of hydrogen-bond acceptors (Lipinski definition) is 3. The lowest BCUT2D eigenvalue weighted by Crippen LogP contribution is -2.17. The Bertz CT molecular complexity index is 652. The number of benzene rings is 1. The number of nitrogens with zero attached hydrogens (tertiary/aromatic N) is 2. The highest BCUT2D eigenvalue weighted by atomic mass is 79.9. The Morgan fingerprint density at radius 3 is 2.00 bits per heavy atom. The highest BCUT2D eigenvalue weighted by Crippen LogP contribution is 2.36. The van der Waals surface area contributed by atoms with Gasteiger partial charge in [-0.05, 0) is 38.4 Å². The second kappa shape index (κ2) is 5.99. The molecule has 0 fully saturated rings. The van der Waals surface area contributed by atoms with E-state index in [9.17, 15) is 0 Å². The summed E-state index contributed by atoms with van der Waals surface area (Å²) in [6, 6.07) is 6.72. The van der Waals surface area contributed by atoms with Crippen LogP contribution in [0.5, 0.6) is 11.8 Å². The lowest BCUT2D eigenvalue weighted by atomic mass is 9.80. The van der Waals surface area contributed by atoms with Crippen LogP contribution in [-0.2, 0) is 10.8 Å². The molecule has 2 aromatic rings. The minimum atomic E-state index is -0.0219. The molecular formula is C18H23BrN2O. The smallest absolute Gasteiger partial charge is 0.321 e. The maximum absolute atomic E-state index is 5.92. The Hall–Kier alpha value is -1.42. The minimum absolute atomic E-state index is 0.0219. The molecule has 0 aliphatic carbocycles. The van der Waals surface area contributed by atoms with Crippen molar-refractivity contribution in [1.82, 2.24) is 9.97 Å². The third kappa shape index (κ3) is 4.07. The number of ether oxygens (including phenoxy) is 1. The summed E-state index contributed by atoms with van der Waals surface area (Å²) < 4.78 is 6.75. The first kappa shape index (κ1) is 16.9. The molecule has 4 heteroatoms. The van der Waals surface area contributed by atoms with Gasteiger partial charge in [0.15, 0.2) is 0 Å². The molecule has 0 saturated heterocycles. The molecule has 1 aromatic carbocycles. The monoisotopic (exact) mass is 362 g/mol. The van der Waals surface area contributed by atoms with Gasteiger partial charge in [0.2, 0.25) is 0 Å². The molecule has 22 heavy (non-hydrogen) atoms.